The molecule has 0 aromatic heterocycles. The van der Waals surface area contributed by atoms with Gasteiger partial charge in [-0.25, -0.2) is 0 Å². The van der Waals surface area contributed by atoms with Gasteiger partial charge in [0.15, 0.2) is 0 Å². The summed E-state index contributed by atoms with van der Waals surface area (Å²) in [6.07, 6.45) is 3.26. The minimum absolute atomic E-state index is 0.0166. The van der Waals surface area contributed by atoms with Crippen LogP contribution in [0.15, 0.2) is 12.1 Å². The van der Waals surface area contributed by atoms with Crippen LogP contribution in [0.5, 0.6) is 5.75 Å². The number of benzene rings is 1. The number of methoxy groups -OCH3 is 1. The van der Waals surface area contributed by atoms with E-state index in [4.69, 9.17) is 22.1 Å². The highest BCUT2D eigenvalue weighted by molar-refractivity contribution is 6.31. The van der Waals surface area contributed by atoms with Crippen LogP contribution in [-0.2, 0) is 4.79 Å². The molecule has 1 aromatic rings. The van der Waals surface area contributed by atoms with Gasteiger partial charge in [0, 0.05) is 17.5 Å². The molecule has 4 nitrogen and oxygen atoms in total. The Hall–Kier alpha value is -1.26. The minimum Gasteiger partial charge on any atom is -0.495 e. The van der Waals surface area contributed by atoms with Crippen LogP contribution in [0, 0.1) is 6.92 Å². The number of amides is 1. The summed E-state index contributed by atoms with van der Waals surface area (Å²) in [6, 6.07) is 3.53. The number of hydrogen-bond donors (Lipinski definition) is 2. The molecule has 0 atom stereocenters. The molecule has 1 aromatic carbocycles. The number of unbranched alkanes of at least 4 members (excludes halogenated alkanes) is 2. The molecule has 0 bridgehead atoms. The molecule has 106 valence electrons. The molecule has 0 radical (unpaired) electrons. The Morgan fingerprint density at radius 3 is 2.74 bits per heavy atom. The van der Waals surface area contributed by atoms with Crippen molar-refractivity contribution in [1.29, 1.82) is 0 Å². The lowest BCUT2D eigenvalue weighted by Gasteiger charge is -2.12. The topological polar surface area (TPSA) is 64.3 Å². The van der Waals surface area contributed by atoms with Crippen LogP contribution in [0.1, 0.15) is 31.2 Å². The van der Waals surface area contributed by atoms with Gasteiger partial charge in [0.05, 0.1) is 12.8 Å². The lowest BCUT2D eigenvalue weighted by atomic mass is 10.1. The third kappa shape index (κ3) is 5.09. The number of nitrogens with one attached hydrogen (secondary N) is 1. The zero-order valence-corrected chi connectivity index (χ0v) is 12.2. The molecule has 5 heteroatoms. The predicted molar refractivity (Wildman–Crippen MR) is 78.9 cm³/mol. The van der Waals surface area contributed by atoms with E-state index >= 15 is 0 Å². The van der Waals surface area contributed by atoms with Crippen molar-refractivity contribution >= 4 is 23.2 Å². The van der Waals surface area contributed by atoms with Crippen LogP contribution in [0.2, 0.25) is 5.02 Å². The zero-order chi connectivity index (χ0) is 14.3. The van der Waals surface area contributed by atoms with E-state index < -0.39 is 0 Å². The SMILES string of the molecule is COc1cc(Cl)c(C)cc1NC(=O)CCCCCN. The molecule has 0 aliphatic heterocycles. The van der Waals surface area contributed by atoms with Crippen molar-refractivity contribution in [2.75, 3.05) is 19.0 Å². The second-order valence-electron chi connectivity index (χ2n) is 4.45. The molecule has 19 heavy (non-hydrogen) atoms. The maximum Gasteiger partial charge on any atom is 0.224 e. The summed E-state index contributed by atoms with van der Waals surface area (Å²) in [4.78, 5) is 11.8. The molecule has 3 N–H and O–H groups in total. The average Bonchev–Trinajstić information content (AvgIpc) is 2.38. The van der Waals surface area contributed by atoms with E-state index in [2.05, 4.69) is 5.32 Å². The van der Waals surface area contributed by atoms with E-state index in [1.54, 1.807) is 13.2 Å². The Bertz CT molecular complexity index is 436. The molecule has 1 rings (SSSR count). The van der Waals surface area contributed by atoms with Crippen LogP contribution in [0.4, 0.5) is 5.69 Å². The van der Waals surface area contributed by atoms with Gasteiger partial charge in [0.2, 0.25) is 5.91 Å². The summed E-state index contributed by atoms with van der Waals surface area (Å²) >= 11 is 6.01. The first-order chi connectivity index (χ1) is 9.08. The molecule has 0 saturated heterocycles. The standard InChI is InChI=1S/C14H21ClN2O2/c1-10-8-12(13(19-2)9-11(10)15)17-14(18)6-4-3-5-7-16/h8-9H,3-7,16H2,1-2H3,(H,17,18). The summed E-state index contributed by atoms with van der Waals surface area (Å²) in [6.45, 7) is 2.56. The van der Waals surface area contributed by atoms with E-state index in [0.29, 0.717) is 29.4 Å². The van der Waals surface area contributed by atoms with Crippen molar-refractivity contribution in [3.8, 4) is 5.75 Å². The second kappa shape index (κ2) is 8.02. The highest BCUT2D eigenvalue weighted by Crippen LogP contribution is 2.31. The van der Waals surface area contributed by atoms with Crippen molar-refractivity contribution in [3.63, 3.8) is 0 Å². The summed E-state index contributed by atoms with van der Waals surface area (Å²) < 4.78 is 5.21. The second-order valence-corrected chi connectivity index (χ2v) is 4.86. The number of nitrogens with two attached hydrogens (primary N) is 1. The number of aryl methyl sites for hydroxylation is 1. The smallest absolute Gasteiger partial charge is 0.224 e. The van der Waals surface area contributed by atoms with Crippen LogP contribution in [-0.4, -0.2) is 19.6 Å². The fourth-order valence-corrected chi connectivity index (χ4v) is 1.90. The number of halogens is 1. The molecule has 1 amide bonds. The van der Waals surface area contributed by atoms with Gasteiger partial charge in [0.25, 0.3) is 0 Å². The minimum atomic E-state index is -0.0166. The first-order valence-electron chi connectivity index (χ1n) is 6.42. The number of rotatable bonds is 7. The van der Waals surface area contributed by atoms with Gasteiger partial charge >= 0.3 is 0 Å². The van der Waals surface area contributed by atoms with Gasteiger partial charge in [-0.1, -0.05) is 18.0 Å². The van der Waals surface area contributed by atoms with E-state index in [1.165, 1.54) is 0 Å². The Labute approximate surface area is 119 Å². The largest absolute Gasteiger partial charge is 0.495 e. The predicted octanol–water partition coefficient (Wildman–Crippen LogP) is 3.11. The molecule has 0 saturated carbocycles. The van der Waals surface area contributed by atoms with Gasteiger partial charge in [0.1, 0.15) is 5.75 Å². The average molecular weight is 285 g/mol. The van der Waals surface area contributed by atoms with Crippen molar-refractivity contribution in [1.82, 2.24) is 0 Å². The number of carbonyl (C=O) groups is 1. The highest BCUT2D eigenvalue weighted by atomic mass is 35.5. The van der Waals surface area contributed by atoms with E-state index in [1.807, 2.05) is 13.0 Å². The van der Waals surface area contributed by atoms with Crippen molar-refractivity contribution in [2.24, 2.45) is 5.73 Å². The zero-order valence-electron chi connectivity index (χ0n) is 11.5. The van der Waals surface area contributed by atoms with E-state index in [-0.39, 0.29) is 5.91 Å². The lowest BCUT2D eigenvalue weighted by molar-refractivity contribution is -0.116. The molecule has 0 heterocycles. The molecule has 0 spiro atoms. The molecule has 0 unspecified atom stereocenters. The number of ether oxygens (including phenoxy) is 1. The van der Waals surface area contributed by atoms with Crippen molar-refractivity contribution < 1.29 is 9.53 Å². The summed E-state index contributed by atoms with van der Waals surface area (Å²) in [5, 5.41) is 3.48. The fourth-order valence-electron chi connectivity index (χ4n) is 1.75. The normalized spacial score (nSPS) is 10.3. The van der Waals surface area contributed by atoms with Crippen LogP contribution >= 0.6 is 11.6 Å². The van der Waals surface area contributed by atoms with Crippen LogP contribution in [0.3, 0.4) is 0 Å². The lowest BCUT2D eigenvalue weighted by Crippen LogP contribution is -2.12. The van der Waals surface area contributed by atoms with E-state index in [0.717, 1.165) is 24.8 Å². The molecular weight excluding hydrogens is 264 g/mol. The Balaban J connectivity index is 2.60. The number of carbonyl (C=O) groups excluding carboxylic acids is 1. The molecule has 0 fully saturated rings. The molecule has 0 aliphatic carbocycles. The Kier molecular flexibility index (Phi) is 6.67. The molecular formula is C14H21ClN2O2. The Morgan fingerprint density at radius 1 is 1.37 bits per heavy atom. The van der Waals surface area contributed by atoms with Crippen molar-refractivity contribution in [3.05, 3.63) is 22.7 Å². The monoisotopic (exact) mass is 284 g/mol. The summed E-state index contributed by atoms with van der Waals surface area (Å²) in [5.41, 5.74) is 6.97. The van der Waals surface area contributed by atoms with Gasteiger partial charge in [-0.2, -0.15) is 0 Å². The number of hydrogen-bond acceptors (Lipinski definition) is 3. The van der Waals surface area contributed by atoms with E-state index in [9.17, 15) is 4.79 Å². The fraction of sp³-hybridized carbons (Fsp3) is 0.500. The van der Waals surface area contributed by atoms with Crippen molar-refractivity contribution in [2.45, 2.75) is 32.6 Å². The third-order valence-electron chi connectivity index (χ3n) is 2.86. The molecule has 0 aliphatic rings. The van der Waals surface area contributed by atoms with Gasteiger partial charge in [-0.05, 0) is 37.9 Å². The first-order valence-corrected chi connectivity index (χ1v) is 6.80. The maximum atomic E-state index is 11.8. The number of anilines is 1. The van der Waals surface area contributed by atoms with Crippen LogP contribution in [0.25, 0.3) is 0 Å². The summed E-state index contributed by atoms with van der Waals surface area (Å²) in [7, 11) is 1.55. The maximum absolute atomic E-state index is 11.8. The third-order valence-corrected chi connectivity index (χ3v) is 3.27. The Morgan fingerprint density at radius 2 is 2.11 bits per heavy atom. The van der Waals surface area contributed by atoms with Gasteiger partial charge < -0.3 is 15.8 Å². The first kappa shape index (κ1) is 15.8. The summed E-state index contributed by atoms with van der Waals surface area (Å²) in [5.74, 6) is 0.558. The van der Waals surface area contributed by atoms with Gasteiger partial charge in [-0.15, -0.1) is 0 Å². The quantitative estimate of drug-likeness (QED) is 0.756. The van der Waals surface area contributed by atoms with Gasteiger partial charge in [-0.3, -0.25) is 4.79 Å². The van der Waals surface area contributed by atoms with Crippen LogP contribution < -0.4 is 15.8 Å². The highest BCUT2D eigenvalue weighted by Gasteiger charge is 2.10.